The van der Waals surface area contributed by atoms with Crippen molar-refractivity contribution in [3.63, 3.8) is 0 Å². The van der Waals surface area contributed by atoms with Crippen LogP contribution in [0.5, 0.6) is 17.2 Å². The van der Waals surface area contributed by atoms with E-state index in [0.29, 0.717) is 5.69 Å². The van der Waals surface area contributed by atoms with E-state index >= 15 is 0 Å². The molecule has 4 unspecified atom stereocenters. The van der Waals surface area contributed by atoms with Crippen LogP contribution in [0.3, 0.4) is 0 Å². The van der Waals surface area contributed by atoms with Crippen LogP contribution >= 0.6 is 0 Å². The van der Waals surface area contributed by atoms with E-state index in [-0.39, 0.29) is 34.4 Å². The summed E-state index contributed by atoms with van der Waals surface area (Å²) in [6.45, 7) is 0.510. The molecule has 6 rings (SSSR count). The molecular formula is C33H34N2O12. The molecule has 0 aromatic heterocycles. The summed E-state index contributed by atoms with van der Waals surface area (Å²) in [4.78, 5) is 40.3. The summed E-state index contributed by atoms with van der Waals surface area (Å²) in [5, 5.41) is 66.5. The molecule has 3 aromatic rings. The predicted octanol–water partition coefficient (Wildman–Crippen LogP) is 1.44. The van der Waals surface area contributed by atoms with Gasteiger partial charge in [0.2, 0.25) is 5.78 Å². The van der Waals surface area contributed by atoms with Crippen LogP contribution in [0.25, 0.3) is 0 Å². The number of rotatable bonds is 8. The average molecular weight is 651 g/mol. The predicted molar refractivity (Wildman–Crippen MR) is 161 cm³/mol. The van der Waals surface area contributed by atoms with Crippen LogP contribution < -0.4 is 15.3 Å². The minimum Gasteiger partial charge on any atom is -0.507 e. The third-order valence-electron chi connectivity index (χ3n) is 9.05. The molecule has 0 radical (unpaired) electrons. The van der Waals surface area contributed by atoms with Gasteiger partial charge in [-0.1, -0.05) is 30.3 Å². The topological polar surface area (TPSA) is 216 Å². The van der Waals surface area contributed by atoms with Gasteiger partial charge in [0.25, 0.3) is 0 Å². The summed E-state index contributed by atoms with van der Waals surface area (Å²) in [6, 6.07) is 11.9. The standard InChI is InChI=1S/C33H34N2O12/c1-15-28(38)19(34-35(44)16-7-4-3-5-8-16)11-23(46-15)47-21-13-33(43,22(37)14-36)12-18-25(21)32(42)27-26(30(18)40)29(39)17-9-6-10-20(45-2)24(17)31(27)41/h3-10,15,19,21,23,28,34,36,38,40,42-44H,11-14H2,1-2H3/t15?,19?,21-,23?,28?,33-/m0/s1. The summed E-state index contributed by atoms with van der Waals surface area (Å²) in [6.07, 6.45) is -5.82. The molecule has 0 spiro atoms. The van der Waals surface area contributed by atoms with Crippen molar-refractivity contribution in [1.82, 2.24) is 5.43 Å². The van der Waals surface area contributed by atoms with Gasteiger partial charge in [0.15, 0.2) is 17.9 Å². The zero-order valence-corrected chi connectivity index (χ0v) is 25.4. The first-order valence-electron chi connectivity index (χ1n) is 14.9. The maximum Gasteiger partial charge on any atom is 0.202 e. The fraction of sp³-hybridized carbons (Fsp3) is 0.364. The number of carbonyl (C=O) groups excluding carboxylic acids is 3. The van der Waals surface area contributed by atoms with Gasteiger partial charge in [0.1, 0.15) is 29.5 Å². The Hall–Kier alpha value is -4.41. The molecule has 0 amide bonds. The molecule has 1 aliphatic heterocycles. The number of aromatic hydroxyl groups is 2. The Morgan fingerprint density at radius 3 is 2.43 bits per heavy atom. The lowest BCUT2D eigenvalue weighted by molar-refractivity contribution is -0.250. The van der Waals surface area contributed by atoms with Gasteiger partial charge in [0, 0.05) is 36.0 Å². The number of fused-ring (bicyclic) bond motifs is 3. The number of benzene rings is 3. The highest BCUT2D eigenvalue weighted by atomic mass is 16.7. The van der Waals surface area contributed by atoms with Gasteiger partial charge in [0.05, 0.1) is 53.8 Å². The van der Waals surface area contributed by atoms with E-state index in [0.717, 1.165) is 5.17 Å². The van der Waals surface area contributed by atoms with Crippen LogP contribution in [-0.2, 0) is 20.7 Å². The summed E-state index contributed by atoms with van der Waals surface area (Å²) < 4.78 is 17.4. The molecule has 1 fully saturated rings. The Balaban J connectivity index is 1.41. The maximum absolute atomic E-state index is 13.8. The van der Waals surface area contributed by atoms with Gasteiger partial charge in [-0.3, -0.25) is 19.6 Å². The highest BCUT2D eigenvalue weighted by molar-refractivity contribution is 6.31. The van der Waals surface area contributed by atoms with Crippen LogP contribution in [-0.4, -0.2) is 91.9 Å². The number of para-hydroxylation sites is 1. The number of ketones is 3. The average Bonchev–Trinajstić information content (AvgIpc) is 3.06. The largest absolute Gasteiger partial charge is 0.507 e. The Morgan fingerprint density at radius 1 is 1.04 bits per heavy atom. The van der Waals surface area contributed by atoms with Crippen molar-refractivity contribution in [2.75, 3.05) is 18.9 Å². The summed E-state index contributed by atoms with van der Waals surface area (Å²) >= 11 is 0. The number of nitrogens with zero attached hydrogens (tertiary/aromatic N) is 1. The number of Topliss-reactive ketones (excluding diaryl/α,β-unsaturated/α-hetero) is 1. The number of hydrazine groups is 1. The lowest BCUT2D eigenvalue weighted by Crippen LogP contribution is -2.58. The quantitative estimate of drug-likeness (QED) is 0.106. The monoisotopic (exact) mass is 650 g/mol. The fourth-order valence-electron chi connectivity index (χ4n) is 6.64. The van der Waals surface area contributed by atoms with E-state index < -0.39 is 95.7 Å². The van der Waals surface area contributed by atoms with E-state index in [1.807, 2.05) is 0 Å². The first kappa shape index (κ1) is 32.5. The van der Waals surface area contributed by atoms with Gasteiger partial charge < -0.3 is 39.7 Å². The Bertz CT molecular complexity index is 1750. The second kappa shape index (κ2) is 12.3. The van der Waals surface area contributed by atoms with E-state index in [2.05, 4.69) is 5.43 Å². The maximum atomic E-state index is 13.8. The molecule has 3 aliphatic rings. The molecular weight excluding hydrogens is 616 g/mol. The Labute approximate surface area is 268 Å². The van der Waals surface area contributed by atoms with Gasteiger partial charge in [-0.25, -0.2) is 5.43 Å². The number of aliphatic hydroxyl groups excluding tert-OH is 2. The van der Waals surface area contributed by atoms with Crippen molar-refractivity contribution in [2.45, 2.75) is 62.4 Å². The molecule has 6 atom stereocenters. The number of anilines is 1. The molecule has 14 nitrogen and oxygen atoms in total. The number of methoxy groups -OCH3 is 1. The number of hydrogen-bond acceptors (Lipinski definition) is 14. The third kappa shape index (κ3) is 5.43. The van der Waals surface area contributed by atoms with Crippen LogP contribution in [0.1, 0.15) is 68.8 Å². The molecule has 1 heterocycles. The lowest BCUT2D eigenvalue weighted by Gasteiger charge is -2.43. The van der Waals surface area contributed by atoms with Crippen molar-refractivity contribution in [3.8, 4) is 17.2 Å². The number of aliphatic hydroxyl groups is 3. The lowest BCUT2D eigenvalue weighted by atomic mass is 9.72. The summed E-state index contributed by atoms with van der Waals surface area (Å²) in [7, 11) is 1.32. The number of ether oxygens (including phenoxy) is 3. The molecule has 1 saturated heterocycles. The Kier molecular flexibility index (Phi) is 8.52. The van der Waals surface area contributed by atoms with Crippen molar-refractivity contribution in [1.29, 1.82) is 0 Å². The van der Waals surface area contributed by atoms with E-state index in [9.17, 15) is 45.1 Å². The smallest absolute Gasteiger partial charge is 0.202 e. The SMILES string of the molecule is COc1cccc2c1C(=O)c1c(O)c3c(c(O)c1C2=O)C[C@@](O)(C(=O)CO)C[C@@H]3OC1CC(NN(O)c2ccccc2)C(O)C(C)O1. The zero-order valence-electron chi connectivity index (χ0n) is 25.4. The van der Waals surface area contributed by atoms with E-state index in [1.54, 1.807) is 37.3 Å². The second-order valence-corrected chi connectivity index (χ2v) is 11.9. The number of nitrogens with one attached hydrogen (secondary N) is 1. The van der Waals surface area contributed by atoms with Gasteiger partial charge in [-0.15, -0.1) is 0 Å². The zero-order chi connectivity index (χ0) is 33.8. The highest BCUT2D eigenvalue weighted by Crippen LogP contribution is 2.52. The molecule has 2 aliphatic carbocycles. The van der Waals surface area contributed by atoms with Gasteiger partial charge >= 0.3 is 0 Å². The minimum absolute atomic E-state index is 0.0723. The summed E-state index contributed by atoms with van der Waals surface area (Å²) in [5.41, 5.74) is -0.695. The summed E-state index contributed by atoms with van der Waals surface area (Å²) in [5.74, 6) is -3.94. The molecule has 14 heteroatoms. The number of phenols is 2. The number of phenolic OH excluding ortho intramolecular Hbond substituents is 2. The number of hydrogen-bond donors (Lipinski definition) is 7. The van der Waals surface area contributed by atoms with Crippen LogP contribution in [0.4, 0.5) is 5.69 Å². The molecule has 0 bridgehead atoms. The van der Waals surface area contributed by atoms with Crippen LogP contribution in [0.2, 0.25) is 0 Å². The molecule has 7 N–H and O–H groups in total. The first-order chi connectivity index (χ1) is 22.4. The van der Waals surface area contributed by atoms with Gasteiger partial charge in [-0.05, 0) is 25.1 Å². The van der Waals surface area contributed by atoms with Crippen molar-refractivity contribution < 1.29 is 59.3 Å². The normalized spacial score (nSPS) is 26.6. The highest BCUT2D eigenvalue weighted by Gasteiger charge is 2.50. The minimum atomic E-state index is -2.31. The number of carbonyl (C=O) groups is 3. The molecule has 248 valence electrons. The van der Waals surface area contributed by atoms with Crippen LogP contribution in [0, 0.1) is 0 Å². The first-order valence-corrected chi connectivity index (χ1v) is 14.9. The molecule has 47 heavy (non-hydrogen) atoms. The van der Waals surface area contributed by atoms with Crippen molar-refractivity contribution >= 4 is 23.0 Å². The third-order valence-corrected chi connectivity index (χ3v) is 9.05. The van der Waals surface area contributed by atoms with E-state index in [1.165, 1.54) is 25.3 Å². The fourth-order valence-corrected chi connectivity index (χ4v) is 6.64. The second-order valence-electron chi connectivity index (χ2n) is 11.9. The van der Waals surface area contributed by atoms with Crippen molar-refractivity contribution in [2.24, 2.45) is 0 Å². The van der Waals surface area contributed by atoms with Crippen molar-refractivity contribution in [3.05, 3.63) is 81.9 Å². The van der Waals surface area contributed by atoms with E-state index in [4.69, 9.17) is 14.2 Å². The molecule has 3 aromatic carbocycles. The molecule has 0 saturated carbocycles. The Morgan fingerprint density at radius 2 is 1.74 bits per heavy atom. The van der Waals surface area contributed by atoms with Gasteiger partial charge in [-0.2, -0.15) is 5.17 Å². The van der Waals surface area contributed by atoms with Crippen LogP contribution in [0.15, 0.2) is 48.5 Å².